The van der Waals surface area contributed by atoms with E-state index in [1.165, 1.54) is 21.5 Å². The maximum absolute atomic E-state index is 12.8. The first-order valence-corrected chi connectivity index (χ1v) is 11.3. The van der Waals surface area contributed by atoms with Crippen LogP contribution in [0, 0.1) is 0 Å². The average molecular weight is 411 g/mol. The third kappa shape index (κ3) is 3.29. The maximum Gasteiger partial charge on any atom is 0.253 e. The van der Waals surface area contributed by atoms with Crippen molar-refractivity contribution < 1.29 is 13.2 Å². The van der Waals surface area contributed by atoms with E-state index in [1.807, 2.05) is 12.1 Å². The van der Waals surface area contributed by atoms with Crippen LogP contribution < -0.4 is 0 Å². The van der Waals surface area contributed by atoms with Gasteiger partial charge in [0.1, 0.15) is 4.21 Å². The Bertz CT molecular complexity index is 947. The van der Waals surface area contributed by atoms with E-state index >= 15 is 0 Å². The lowest BCUT2D eigenvalue weighted by atomic mass is 10.1. The van der Waals surface area contributed by atoms with Crippen LogP contribution in [0.25, 0.3) is 0 Å². The molecule has 1 aliphatic heterocycles. The molecular formula is C18H19ClN2O3S2. The number of hydrogen-bond donors (Lipinski definition) is 0. The first-order valence-electron chi connectivity index (χ1n) is 8.62. The molecule has 0 spiro atoms. The van der Waals surface area contributed by atoms with Gasteiger partial charge in [0.05, 0.1) is 4.34 Å². The lowest BCUT2D eigenvalue weighted by Crippen LogP contribution is -2.50. The minimum absolute atomic E-state index is 0.0177. The Morgan fingerprint density at radius 1 is 1.00 bits per heavy atom. The van der Waals surface area contributed by atoms with Crippen LogP contribution in [0.5, 0.6) is 0 Å². The number of rotatable bonds is 3. The van der Waals surface area contributed by atoms with Gasteiger partial charge in [0.15, 0.2) is 0 Å². The monoisotopic (exact) mass is 410 g/mol. The zero-order valence-corrected chi connectivity index (χ0v) is 16.5. The second kappa shape index (κ2) is 6.96. The molecule has 1 saturated heterocycles. The van der Waals surface area contributed by atoms with E-state index in [2.05, 4.69) is 6.07 Å². The van der Waals surface area contributed by atoms with Gasteiger partial charge < -0.3 is 4.90 Å². The van der Waals surface area contributed by atoms with E-state index in [0.29, 0.717) is 36.1 Å². The minimum Gasteiger partial charge on any atom is -0.336 e. The number of carbonyl (C=O) groups excluding carboxylic acids is 1. The molecule has 1 aromatic heterocycles. The molecule has 0 unspecified atom stereocenters. The van der Waals surface area contributed by atoms with Crippen LogP contribution in [-0.2, 0) is 22.9 Å². The Hall–Kier alpha value is -1.41. The number of halogens is 1. The van der Waals surface area contributed by atoms with Crippen molar-refractivity contribution in [2.24, 2.45) is 0 Å². The van der Waals surface area contributed by atoms with Crippen molar-refractivity contribution in [2.75, 3.05) is 26.2 Å². The normalized spacial score (nSPS) is 18.1. The van der Waals surface area contributed by atoms with Gasteiger partial charge in [-0.05, 0) is 54.7 Å². The highest BCUT2D eigenvalue weighted by atomic mass is 35.5. The van der Waals surface area contributed by atoms with Crippen LogP contribution >= 0.6 is 22.9 Å². The molecule has 0 bridgehead atoms. The van der Waals surface area contributed by atoms with Crippen molar-refractivity contribution >= 4 is 38.9 Å². The van der Waals surface area contributed by atoms with Gasteiger partial charge >= 0.3 is 0 Å². The predicted molar refractivity (Wildman–Crippen MR) is 102 cm³/mol. The summed E-state index contributed by atoms with van der Waals surface area (Å²) in [5.41, 5.74) is 3.31. The van der Waals surface area contributed by atoms with Crippen LogP contribution in [0.4, 0.5) is 0 Å². The third-order valence-corrected chi connectivity index (χ3v) is 8.61. The summed E-state index contributed by atoms with van der Waals surface area (Å²) in [5.74, 6) is -0.0177. The molecule has 1 aromatic carbocycles. The molecule has 138 valence electrons. The van der Waals surface area contributed by atoms with E-state index in [1.54, 1.807) is 11.0 Å². The zero-order chi connectivity index (χ0) is 18.3. The van der Waals surface area contributed by atoms with Crippen LogP contribution in [0.15, 0.2) is 34.5 Å². The Balaban J connectivity index is 1.44. The molecule has 4 rings (SSSR count). The van der Waals surface area contributed by atoms with Crippen molar-refractivity contribution in [3.63, 3.8) is 0 Å². The number of fused-ring (bicyclic) bond motifs is 1. The fraction of sp³-hybridized carbons (Fsp3) is 0.389. The Morgan fingerprint density at radius 3 is 2.42 bits per heavy atom. The number of carbonyl (C=O) groups is 1. The van der Waals surface area contributed by atoms with Crippen molar-refractivity contribution in [3.05, 3.63) is 51.4 Å². The number of amides is 1. The molecule has 1 amide bonds. The SMILES string of the molecule is O=C(c1ccc2c(c1)CCC2)N1CCN(S(=O)(=O)c2ccc(Cl)s2)CC1. The Labute approximate surface area is 162 Å². The van der Waals surface area contributed by atoms with Gasteiger partial charge in [-0.25, -0.2) is 8.42 Å². The highest BCUT2D eigenvalue weighted by Gasteiger charge is 2.31. The predicted octanol–water partition coefficient (Wildman–Crippen LogP) is 3.04. The van der Waals surface area contributed by atoms with Gasteiger partial charge in [-0.3, -0.25) is 4.79 Å². The van der Waals surface area contributed by atoms with E-state index in [4.69, 9.17) is 11.6 Å². The highest BCUT2D eigenvalue weighted by molar-refractivity contribution is 7.91. The number of benzene rings is 1. The lowest BCUT2D eigenvalue weighted by Gasteiger charge is -2.33. The number of aryl methyl sites for hydroxylation is 2. The molecule has 26 heavy (non-hydrogen) atoms. The summed E-state index contributed by atoms with van der Waals surface area (Å²) >= 11 is 6.92. The highest BCUT2D eigenvalue weighted by Crippen LogP contribution is 2.29. The fourth-order valence-corrected chi connectivity index (χ4v) is 6.64. The zero-order valence-electron chi connectivity index (χ0n) is 14.2. The summed E-state index contributed by atoms with van der Waals surface area (Å²) in [6, 6.07) is 9.07. The number of sulfonamides is 1. The van der Waals surface area contributed by atoms with Crippen LogP contribution in [0.1, 0.15) is 27.9 Å². The van der Waals surface area contributed by atoms with Gasteiger partial charge in [0.25, 0.3) is 15.9 Å². The quantitative estimate of drug-likeness (QED) is 0.781. The summed E-state index contributed by atoms with van der Waals surface area (Å²) < 4.78 is 27.4. The van der Waals surface area contributed by atoms with Crippen molar-refractivity contribution in [3.8, 4) is 0 Å². The first-order chi connectivity index (χ1) is 12.4. The second-order valence-electron chi connectivity index (χ2n) is 6.59. The average Bonchev–Trinajstić information content (AvgIpc) is 3.29. The topological polar surface area (TPSA) is 57.7 Å². The van der Waals surface area contributed by atoms with Gasteiger partial charge in [0.2, 0.25) is 0 Å². The third-order valence-electron chi connectivity index (χ3n) is 5.01. The Morgan fingerprint density at radius 2 is 1.73 bits per heavy atom. The fourth-order valence-electron chi connectivity index (χ4n) is 3.58. The molecule has 5 nitrogen and oxygen atoms in total. The summed E-state index contributed by atoms with van der Waals surface area (Å²) in [6.07, 6.45) is 3.27. The van der Waals surface area contributed by atoms with Gasteiger partial charge in [-0.2, -0.15) is 4.31 Å². The largest absolute Gasteiger partial charge is 0.336 e. The summed E-state index contributed by atoms with van der Waals surface area (Å²) in [5, 5.41) is 0. The Kier molecular flexibility index (Phi) is 4.81. The molecule has 1 fully saturated rings. The van der Waals surface area contributed by atoms with E-state index in [0.717, 1.165) is 30.6 Å². The van der Waals surface area contributed by atoms with E-state index in [9.17, 15) is 13.2 Å². The summed E-state index contributed by atoms with van der Waals surface area (Å²) in [4.78, 5) is 14.5. The molecular weight excluding hydrogens is 392 g/mol. The van der Waals surface area contributed by atoms with Crippen LogP contribution in [-0.4, -0.2) is 49.7 Å². The molecule has 1 aliphatic carbocycles. The molecule has 8 heteroatoms. The number of piperazine rings is 1. The molecule has 0 radical (unpaired) electrons. The second-order valence-corrected chi connectivity index (χ2v) is 10.5. The van der Waals surface area contributed by atoms with E-state index < -0.39 is 10.0 Å². The molecule has 2 heterocycles. The summed E-state index contributed by atoms with van der Waals surface area (Å²) in [6.45, 7) is 1.39. The smallest absolute Gasteiger partial charge is 0.253 e. The van der Waals surface area contributed by atoms with Gasteiger partial charge in [0, 0.05) is 31.7 Å². The van der Waals surface area contributed by atoms with Crippen LogP contribution in [0.3, 0.4) is 0 Å². The van der Waals surface area contributed by atoms with Gasteiger partial charge in [-0.15, -0.1) is 11.3 Å². The van der Waals surface area contributed by atoms with E-state index in [-0.39, 0.29) is 10.1 Å². The standard InChI is InChI=1S/C18H19ClN2O3S2/c19-16-6-7-17(25-16)26(23,24)21-10-8-20(9-11-21)18(22)15-5-4-13-2-1-3-14(13)12-15/h4-7,12H,1-3,8-11H2. The lowest BCUT2D eigenvalue weighted by molar-refractivity contribution is 0.0698. The maximum atomic E-state index is 12.8. The first kappa shape index (κ1) is 18.0. The van der Waals surface area contributed by atoms with Crippen molar-refractivity contribution in [2.45, 2.75) is 23.5 Å². The summed E-state index contributed by atoms with van der Waals surface area (Å²) in [7, 11) is -3.53. The molecule has 2 aromatic rings. The molecule has 0 atom stereocenters. The van der Waals surface area contributed by atoms with Gasteiger partial charge in [-0.1, -0.05) is 17.7 Å². The number of nitrogens with zero attached hydrogens (tertiary/aromatic N) is 2. The van der Waals surface area contributed by atoms with Crippen LogP contribution in [0.2, 0.25) is 4.34 Å². The number of hydrogen-bond acceptors (Lipinski definition) is 4. The molecule has 0 N–H and O–H groups in total. The minimum atomic E-state index is -3.53. The van der Waals surface area contributed by atoms with Crippen molar-refractivity contribution in [1.29, 1.82) is 0 Å². The number of thiophene rings is 1. The van der Waals surface area contributed by atoms with Crippen molar-refractivity contribution in [1.82, 2.24) is 9.21 Å². The molecule has 2 aliphatic rings. The molecule has 0 saturated carbocycles.